The third kappa shape index (κ3) is 5.09. The van der Waals surface area contributed by atoms with E-state index < -0.39 is 0 Å². The van der Waals surface area contributed by atoms with E-state index in [1.165, 1.54) is 0 Å². The van der Waals surface area contributed by atoms with E-state index in [0.29, 0.717) is 13.0 Å². The van der Waals surface area contributed by atoms with Crippen LogP contribution < -0.4 is 10.6 Å². The van der Waals surface area contributed by atoms with Gasteiger partial charge in [0, 0.05) is 38.3 Å². The summed E-state index contributed by atoms with van der Waals surface area (Å²) < 4.78 is 5.77. The molecule has 0 saturated carbocycles. The Morgan fingerprint density at radius 3 is 2.64 bits per heavy atom. The molecule has 1 amide bonds. The molecule has 0 aromatic heterocycles. The summed E-state index contributed by atoms with van der Waals surface area (Å²) in [5.74, 6) is 0.0468. The van der Waals surface area contributed by atoms with Crippen molar-refractivity contribution in [2.75, 3.05) is 32.0 Å². The van der Waals surface area contributed by atoms with Crippen LogP contribution >= 0.6 is 0 Å². The molecule has 2 rings (SSSR count). The second-order valence-corrected chi connectivity index (χ2v) is 6.01. The lowest BCUT2D eigenvalue weighted by molar-refractivity contribution is -0.116. The number of hydrogen-bond acceptors (Lipinski definition) is 4. The summed E-state index contributed by atoms with van der Waals surface area (Å²) in [6.45, 7) is 7.58. The summed E-state index contributed by atoms with van der Waals surface area (Å²) in [4.78, 5) is 14.3. The number of carbonyl (C=O) groups excluding carboxylic acids is 1. The van der Waals surface area contributed by atoms with E-state index in [1.54, 1.807) is 0 Å². The molecule has 1 saturated heterocycles. The first-order valence-electron chi connectivity index (χ1n) is 7.98. The van der Waals surface area contributed by atoms with Gasteiger partial charge in [0.1, 0.15) is 0 Å². The highest BCUT2D eigenvalue weighted by molar-refractivity contribution is 5.91. The van der Waals surface area contributed by atoms with Crippen LogP contribution in [0.2, 0.25) is 0 Å². The highest BCUT2D eigenvalue weighted by Gasteiger charge is 2.22. The topological polar surface area (TPSA) is 53.6 Å². The molecule has 2 N–H and O–H groups in total. The van der Waals surface area contributed by atoms with Gasteiger partial charge < -0.3 is 15.4 Å². The first kappa shape index (κ1) is 16.9. The van der Waals surface area contributed by atoms with Crippen molar-refractivity contribution in [3.05, 3.63) is 29.8 Å². The van der Waals surface area contributed by atoms with Crippen molar-refractivity contribution >= 4 is 11.6 Å². The highest BCUT2D eigenvalue weighted by atomic mass is 16.5. The number of anilines is 1. The summed E-state index contributed by atoms with van der Waals surface area (Å²) in [5.41, 5.74) is 2.07. The largest absolute Gasteiger partial charge is 0.373 e. The normalized spacial score (nSPS) is 22.5. The maximum absolute atomic E-state index is 11.9. The van der Waals surface area contributed by atoms with Crippen LogP contribution in [-0.2, 0) is 16.1 Å². The van der Waals surface area contributed by atoms with E-state index in [9.17, 15) is 4.79 Å². The Hall–Kier alpha value is -1.43. The summed E-state index contributed by atoms with van der Waals surface area (Å²) in [6, 6.07) is 8.03. The van der Waals surface area contributed by atoms with Gasteiger partial charge in [-0.1, -0.05) is 18.2 Å². The number of nitrogens with one attached hydrogen (secondary N) is 2. The minimum Gasteiger partial charge on any atom is -0.373 e. The van der Waals surface area contributed by atoms with Crippen molar-refractivity contribution in [1.29, 1.82) is 0 Å². The van der Waals surface area contributed by atoms with Crippen molar-refractivity contribution in [3.8, 4) is 0 Å². The van der Waals surface area contributed by atoms with Crippen LogP contribution in [0.3, 0.4) is 0 Å². The first-order chi connectivity index (χ1) is 10.6. The van der Waals surface area contributed by atoms with Crippen molar-refractivity contribution in [2.24, 2.45) is 0 Å². The van der Waals surface area contributed by atoms with Gasteiger partial charge in [-0.25, -0.2) is 0 Å². The zero-order chi connectivity index (χ0) is 15.9. The van der Waals surface area contributed by atoms with Crippen LogP contribution in [0.5, 0.6) is 0 Å². The number of rotatable bonds is 6. The maximum atomic E-state index is 11.9. The van der Waals surface area contributed by atoms with Gasteiger partial charge in [-0.2, -0.15) is 0 Å². The van der Waals surface area contributed by atoms with Crippen LogP contribution in [0, 0.1) is 0 Å². The summed E-state index contributed by atoms with van der Waals surface area (Å²) >= 11 is 0. The summed E-state index contributed by atoms with van der Waals surface area (Å²) in [5, 5.41) is 6.01. The number of benzene rings is 1. The number of amides is 1. The van der Waals surface area contributed by atoms with Gasteiger partial charge in [-0.05, 0) is 32.5 Å². The molecule has 122 valence electrons. The standard InChI is InChI=1S/C17H27N3O2/c1-13-10-20(11-14(2)22-13)12-15-6-4-5-7-16(15)19-17(21)8-9-18-3/h4-7,13-14,18H,8-12H2,1-3H3,(H,19,21). The van der Waals surface area contributed by atoms with Gasteiger partial charge in [0.15, 0.2) is 0 Å². The van der Waals surface area contributed by atoms with Crippen LogP contribution in [0.15, 0.2) is 24.3 Å². The SMILES string of the molecule is CNCCC(=O)Nc1ccccc1CN1CC(C)OC(C)C1. The quantitative estimate of drug-likeness (QED) is 0.842. The number of nitrogens with zero attached hydrogens (tertiary/aromatic N) is 1. The molecule has 0 radical (unpaired) electrons. The molecular formula is C17H27N3O2. The third-order valence-corrected chi connectivity index (χ3v) is 3.78. The average Bonchev–Trinajstić information content (AvgIpc) is 2.46. The van der Waals surface area contributed by atoms with E-state index >= 15 is 0 Å². The molecule has 1 heterocycles. The van der Waals surface area contributed by atoms with E-state index in [1.807, 2.05) is 25.2 Å². The molecule has 5 nitrogen and oxygen atoms in total. The molecule has 22 heavy (non-hydrogen) atoms. The number of morpholine rings is 1. The molecule has 0 bridgehead atoms. The van der Waals surface area contributed by atoms with E-state index in [4.69, 9.17) is 4.74 Å². The monoisotopic (exact) mass is 305 g/mol. The van der Waals surface area contributed by atoms with Crippen LogP contribution in [0.25, 0.3) is 0 Å². The first-order valence-corrected chi connectivity index (χ1v) is 7.98. The van der Waals surface area contributed by atoms with Gasteiger partial charge in [0.2, 0.25) is 5.91 Å². The van der Waals surface area contributed by atoms with Crippen molar-refractivity contribution < 1.29 is 9.53 Å². The fourth-order valence-corrected chi connectivity index (χ4v) is 2.89. The number of para-hydroxylation sites is 1. The minimum atomic E-state index is 0.0468. The second kappa shape index (κ2) is 8.27. The molecule has 0 aliphatic carbocycles. The molecular weight excluding hydrogens is 278 g/mol. The van der Waals surface area contributed by atoms with Crippen LogP contribution in [0.1, 0.15) is 25.8 Å². The Bertz CT molecular complexity index is 483. The van der Waals surface area contributed by atoms with Crippen molar-refractivity contribution in [3.63, 3.8) is 0 Å². The zero-order valence-corrected chi connectivity index (χ0v) is 13.8. The molecule has 1 aromatic rings. The predicted octanol–water partition coefficient (Wildman–Crippen LogP) is 1.84. The lowest BCUT2D eigenvalue weighted by Gasteiger charge is -2.35. The fourth-order valence-electron chi connectivity index (χ4n) is 2.89. The Labute approximate surface area is 133 Å². The molecule has 1 aliphatic heterocycles. The lowest BCUT2D eigenvalue weighted by Crippen LogP contribution is -2.44. The van der Waals surface area contributed by atoms with Gasteiger partial charge in [0.05, 0.1) is 12.2 Å². The van der Waals surface area contributed by atoms with Gasteiger partial charge in [-0.3, -0.25) is 9.69 Å². The van der Waals surface area contributed by atoms with Gasteiger partial charge in [-0.15, -0.1) is 0 Å². The summed E-state index contributed by atoms with van der Waals surface area (Å²) in [6.07, 6.45) is 0.985. The smallest absolute Gasteiger partial charge is 0.225 e. The second-order valence-electron chi connectivity index (χ2n) is 6.01. The molecule has 1 aliphatic rings. The van der Waals surface area contributed by atoms with E-state index in [0.717, 1.165) is 30.9 Å². The highest BCUT2D eigenvalue weighted by Crippen LogP contribution is 2.20. The Kier molecular flexibility index (Phi) is 6.36. The summed E-state index contributed by atoms with van der Waals surface area (Å²) in [7, 11) is 1.85. The maximum Gasteiger partial charge on any atom is 0.225 e. The van der Waals surface area contributed by atoms with Gasteiger partial charge in [0.25, 0.3) is 0 Å². The van der Waals surface area contributed by atoms with Crippen molar-refractivity contribution in [1.82, 2.24) is 10.2 Å². The molecule has 1 aromatic carbocycles. The number of ether oxygens (including phenoxy) is 1. The predicted molar refractivity (Wildman–Crippen MR) is 88.9 cm³/mol. The molecule has 2 atom stereocenters. The van der Waals surface area contributed by atoms with E-state index in [2.05, 4.69) is 35.4 Å². The number of carbonyl (C=O) groups is 1. The third-order valence-electron chi connectivity index (χ3n) is 3.78. The Balaban J connectivity index is 2.00. The lowest BCUT2D eigenvalue weighted by atomic mass is 10.1. The molecule has 2 unspecified atom stereocenters. The van der Waals surface area contributed by atoms with Crippen LogP contribution in [-0.4, -0.2) is 49.7 Å². The molecule has 1 fully saturated rings. The van der Waals surface area contributed by atoms with E-state index in [-0.39, 0.29) is 18.1 Å². The fraction of sp³-hybridized carbons (Fsp3) is 0.588. The van der Waals surface area contributed by atoms with Gasteiger partial charge >= 0.3 is 0 Å². The average molecular weight is 305 g/mol. The Morgan fingerprint density at radius 2 is 1.95 bits per heavy atom. The Morgan fingerprint density at radius 1 is 1.27 bits per heavy atom. The van der Waals surface area contributed by atoms with Crippen LogP contribution in [0.4, 0.5) is 5.69 Å². The zero-order valence-electron chi connectivity index (χ0n) is 13.8. The molecule has 0 spiro atoms. The molecule has 5 heteroatoms. The number of hydrogen-bond donors (Lipinski definition) is 2. The van der Waals surface area contributed by atoms with Crippen molar-refractivity contribution in [2.45, 2.75) is 39.0 Å². The minimum absolute atomic E-state index is 0.0468.